The molecule has 6 heteroatoms. The van der Waals surface area contributed by atoms with Crippen LogP contribution in [-0.4, -0.2) is 16.9 Å². The summed E-state index contributed by atoms with van der Waals surface area (Å²) in [6, 6.07) is 3.03. The van der Waals surface area contributed by atoms with Crippen molar-refractivity contribution in [2.75, 3.05) is 0 Å². The number of hydrogen-bond donors (Lipinski definition) is 2. The Hall–Kier alpha value is -1.61. The second kappa shape index (κ2) is 4.94. The molecule has 1 heterocycles. The maximum atomic E-state index is 11.9. The Morgan fingerprint density at radius 1 is 1.67 bits per heavy atom. The minimum atomic E-state index is -0.504. The molecule has 0 aromatic carbocycles. The van der Waals surface area contributed by atoms with Gasteiger partial charge in [-0.25, -0.2) is 0 Å². The topological polar surface area (TPSA) is 85.8 Å². The second-order valence-corrected chi connectivity index (χ2v) is 5.26. The summed E-state index contributed by atoms with van der Waals surface area (Å²) in [5.41, 5.74) is 0.240. The van der Waals surface area contributed by atoms with E-state index in [-0.39, 0.29) is 11.5 Å². The summed E-state index contributed by atoms with van der Waals surface area (Å²) in [7, 11) is 0. The lowest BCUT2D eigenvalue weighted by Gasteiger charge is -2.10. The van der Waals surface area contributed by atoms with Crippen LogP contribution >= 0.6 is 15.9 Å². The molecule has 94 valence electrons. The molecular formula is C12H12BrN3O2. The van der Waals surface area contributed by atoms with E-state index in [2.05, 4.69) is 32.3 Å². The number of hydrogen-bond acceptors (Lipinski definition) is 3. The SMILES string of the molecule is Cc1[nH]c(=O)c(C(=O)N[C@H](C#N)C2CC2)cc1Br. The Kier molecular flexibility index (Phi) is 3.53. The number of pyridine rings is 1. The van der Waals surface area contributed by atoms with Crippen LogP contribution in [0.3, 0.4) is 0 Å². The molecule has 1 aliphatic rings. The zero-order valence-corrected chi connectivity index (χ0v) is 11.4. The molecule has 0 spiro atoms. The number of aromatic nitrogens is 1. The van der Waals surface area contributed by atoms with Crippen molar-refractivity contribution in [3.63, 3.8) is 0 Å². The van der Waals surface area contributed by atoms with Crippen molar-refractivity contribution in [2.24, 2.45) is 5.92 Å². The number of H-pyrrole nitrogens is 1. The van der Waals surface area contributed by atoms with Crippen molar-refractivity contribution in [1.29, 1.82) is 5.26 Å². The number of aromatic amines is 1. The molecular weight excluding hydrogens is 298 g/mol. The molecule has 1 saturated carbocycles. The predicted molar refractivity (Wildman–Crippen MR) is 69.1 cm³/mol. The van der Waals surface area contributed by atoms with E-state index in [0.29, 0.717) is 10.2 Å². The monoisotopic (exact) mass is 309 g/mol. The van der Waals surface area contributed by atoms with E-state index >= 15 is 0 Å². The van der Waals surface area contributed by atoms with Gasteiger partial charge in [-0.05, 0) is 47.7 Å². The van der Waals surface area contributed by atoms with E-state index in [1.54, 1.807) is 6.92 Å². The molecule has 18 heavy (non-hydrogen) atoms. The predicted octanol–water partition coefficient (Wildman–Crippen LogP) is 1.48. The number of halogens is 1. The average molecular weight is 310 g/mol. The lowest BCUT2D eigenvalue weighted by molar-refractivity contribution is 0.0940. The molecule has 1 atom stereocenters. The van der Waals surface area contributed by atoms with Crippen molar-refractivity contribution in [1.82, 2.24) is 10.3 Å². The lowest BCUT2D eigenvalue weighted by atomic mass is 10.2. The van der Waals surface area contributed by atoms with Crippen LogP contribution in [0.15, 0.2) is 15.3 Å². The molecule has 1 amide bonds. The van der Waals surface area contributed by atoms with Crippen molar-refractivity contribution in [2.45, 2.75) is 25.8 Å². The highest BCUT2D eigenvalue weighted by atomic mass is 79.9. The van der Waals surface area contributed by atoms with Crippen LogP contribution in [0.2, 0.25) is 0 Å². The number of nitrogens with zero attached hydrogens (tertiary/aromatic N) is 1. The van der Waals surface area contributed by atoms with Gasteiger partial charge in [0.25, 0.3) is 11.5 Å². The van der Waals surface area contributed by atoms with Crippen molar-refractivity contribution >= 4 is 21.8 Å². The van der Waals surface area contributed by atoms with Gasteiger partial charge in [0, 0.05) is 10.2 Å². The summed E-state index contributed by atoms with van der Waals surface area (Å²) in [6.07, 6.45) is 1.90. The van der Waals surface area contributed by atoms with E-state index in [1.807, 2.05) is 0 Å². The normalized spacial score (nSPS) is 15.8. The van der Waals surface area contributed by atoms with Gasteiger partial charge in [-0.15, -0.1) is 0 Å². The van der Waals surface area contributed by atoms with Gasteiger partial charge < -0.3 is 10.3 Å². The van der Waals surface area contributed by atoms with Crippen LogP contribution in [0.4, 0.5) is 0 Å². The van der Waals surface area contributed by atoms with E-state index in [0.717, 1.165) is 12.8 Å². The quantitative estimate of drug-likeness (QED) is 0.886. The molecule has 1 fully saturated rings. The Bertz CT molecular complexity index is 584. The van der Waals surface area contributed by atoms with Crippen LogP contribution in [0.1, 0.15) is 28.9 Å². The summed E-state index contributed by atoms with van der Waals surface area (Å²) >= 11 is 3.26. The van der Waals surface area contributed by atoms with Crippen LogP contribution in [0, 0.1) is 24.2 Å². The van der Waals surface area contributed by atoms with Gasteiger partial charge >= 0.3 is 0 Å². The number of aryl methyl sites for hydroxylation is 1. The first-order valence-corrected chi connectivity index (χ1v) is 6.42. The highest BCUT2D eigenvalue weighted by molar-refractivity contribution is 9.10. The first kappa shape index (κ1) is 12.8. The molecule has 2 rings (SSSR count). The first-order valence-electron chi connectivity index (χ1n) is 5.63. The molecule has 0 unspecified atom stereocenters. The van der Waals surface area contributed by atoms with E-state index in [1.165, 1.54) is 6.07 Å². The maximum Gasteiger partial charge on any atom is 0.261 e. The third kappa shape index (κ3) is 2.62. The fraction of sp³-hybridized carbons (Fsp3) is 0.417. The third-order valence-electron chi connectivity index (χ3n) is 2.94. The smallest absolute Gasteiger partial charge is 0.261 e. The highest BCUT2D eigenvalue weighted by Crippen LogP contribution is 2.32. The first-order chi connectivity index (χ1) is 8.52. The highest BCUT2D eigenvalue weighted by Gasteiger charge is 2.32. The summed E-state index contributed by atoms with van der Waals surface area (Å²) < 4.78 is 0.659. The number of carbonyl (C=O) groups excluding carboxylic acids is 1. The Labute approximate surface area is 112 Å². The van der Waals surface area contributed by atoms with Gasteiger partial charge in [0.2, 0.25) is 0 Å². The molecule has 0 radical (unpaired) electrons. The maximum absolute atomic E-state index is 11.9. The largest absolute Gasteiger partial charge is 0.336 e. The second-order valence-electron chi connectivity index (χ2n) is 4.40. The van der Waals surface area contributed by atoms with Gasteiger partial charge in [-0.3, -0.25) is 9.59 Å². The van der Waals surface area contributed by atoms with Gasteiger partial charge in [0.1, 0.15) is 11.6 Å². The minimum Gasteiger partial charge on any atom is -0.336 e. The van der Waals surface area contributed by atoms with Crippen LogP contribution < -0.4 is 10.9 Å². The molecule has 1 aliphatic carbocycles. The summed E-state index contributed by atoms with van der Waals surface area (Å²) in [6.45, 7) is 1.73. The number of nitrogens with one attached hydrogen (secondary N) is 2. The molecule has 5 nitrogen and oxygen atoms in total. The van der Waals surface area contributed by atoms with Gasteiger partial charge in [-0.1, -0.05) is 0 Å². The number of amides is 1. The fourth-order valence-corrected chi connectivity index (χ4v) is 2.00. The van der Waals surface area contributed by atoms with Crippen LogP contribution in [0.5, 0.6) is 0 Å². The summed E-state index contributed by atoms with van der Waals surface area (Å²) in [5.74, 6) is -0.276. The Morgan fingerprint density at radius 3 is 2.89 bits per heavy atom. The van der Waals surface area contributed by atoms with Crippen molar-refractivity contribution in [3.05, 3.63) is 32.2 Å². The Balaban J connectivity index is 2.21. The van der Waals surface area contributed by atoms with Gasteiger partial charge in [0.05, 0.1) is 6.07 Å². The molecule has 1 aromatic heterocycles. The van der Waals surface area contributed by atoms with Crippen LogP contribution in [0.25, 0.3) is 0 Å². The third-order valence-corrected chi connectivity index (χ3v) is 3.76. The van der Waals surface area contributed by atoms with Crippen LogP contribution in [-0.2, 0) is 0 Å². The summed E-state index contributed by atoms with van der Waals surface area (Å²) in [4.78, 5) is 26.2. The number of rotatable bonds is 3. The molecule has 0 aliphatic heterocycles. The van der Waals surface area contributed by atoms with E-state index in [9.17, 15) is 9.59 Å². The van der Waals surface area contributed by atoms with Gasteiger partial charge in [0.15, 0.2) is 0 Å². The number of carbonyl (C=O) groups is 1. The minimum absolute atomic E-state index is 0.0216. The zero-order valence-electron chi connectivity index (χ0n) is 9.79. The molecule has 0 saturated heterocycles. The van der Waals surface area contributed by atoms with Crippen molar-refractivity contribution < 1.29 is 4.79 Å². The average Bonchev–Trinajstić information content (AvgIpc) is 3.14. The molecule has 2 N–H and O–H groups in total. The van der Waals surface area contributed by atoms with E-state index in [4.69, 9.17) is 5.26 Å². The van der Waals surface area contributed by atoms with Crippen molar-refractivity contribution in [3.8, 4) is 6.07 Å². The standard InChI is InChI=1S/C12H12BrN3O2/c1-6-9(13)4-8(11(17)15-6)12(18)16-10(5-14)7-2-3-7/h4,7,10H,2-3H2,1H3,(H,15,17)(H,16,18)/t10-/m1/s1. The van der Waals surface area contributed by atoms with Gasteiger partial charge in [-0.2, -0.15) is 5.26 Å². The Morgan fingerprint density at radius 2 is 2.33 bits per heavy atom. The van der Waals surface area contributed by atoms with E-state index < -0.39 is 17.5 Å². The molecule has 1 aromatic rings. The lowest BCUT2D eigenvalue weighted by Crippen LogP contribution is -2.38. The summed E-state index contributed by atoms with van der Waals surface area (Å²) in [5, 5.41) is 11.5. The number of nitriles is 1. The molecule has 0 bridgehead atoms. The zero-order chi connectivity index (χ0) is 13.3. The fourth-order valence-electron chi connectivity index (χ4n) is 1.67.